The van der Waals surface area contributed by atoms with Gasteiger partial charge in [-0.05, 0) is 92.4 Å². The number of aromatic nitrogens is 2. The molecule has 1 amide bonds. The predicted molar refractivity (Wildman–Crippen MR) is 127 cm³/mol. The Labute approximate surface area is 199 Å². The fourth-order valence-electron chi connectivity index (χ4n) is 7.45. The van der Waals surface area contributed by atoms with Crippen LogP contribution in [0.15, 0.2) is 30.6 Å². The molecule has 1 aromatic heterocycles. The highest BCUT2D eigenvalue weighted by Crippen LogP contribution is 2.61. The van der Waals surface area contributed by atoms with Crippen molar-refractivity contribution in [1.29, 1.82) is 0 Å². The number of nitrogens with zero attached hydrogens (tertiary/aromatic N) is 3. The van der Waals surface area contributed by atoms with Crippen LogP contribution in [0.25, 0.3) is 0 Å². The molecule has 1 aromatic carbocycles. The van der Waals surface area contributed by atoms with E-state index in [1.54, 1.807) is 30.6 Å². The molecule has 2 heterocycles. The van der Waals surface area contributed by atoms with Gasteiger partial charge in [0.2, 0.25) is 0 Å². The van der Waals surface area contributed by atoms with Gasteiger partial charge in [0.05, 0.1) is 18.3 Å². The van der Waals surface area contributed by atoms with Crippen molar-refractivity contribution in [2.75, 3.05) is 18.4 Å². The van der Waals surface area contributed by atoms with Gasteiger partial charge in [-0.3, -0.25) is 4.79 Å². The largest absolute Gasteiger partial charge is 0.391 e. The Hall–Kier alpha value is -2.18. The Morgan fingerprint density at radius 1 is 1.12 bits per heavy atom. The lowest BCUT2D eigenvalue weighted by Crippen LogP contribution is -2.53. The highest BCUT2D eigenvalue weighted by molar-refractivity contribution is 6.30. The zero-order chi connectivity index (χ0) is 22.6. The van der Waals surface area contributed by atoms with Crippen molar-refractivity contribution in [2.24, 2.45) is 23.2 Å². The molecular formula is C26H31ClN4O2. The second-order valence-corrected chi connectivity index (χ2v) is 11.2. The fourth-order valence-corrected chi connectivity index (χ4v) is 7.58. The van der Waals surface area contributed by atoms with E-state index in [1.165, 1.54) is 38.5 Å². The lowest BCUT2D eigenvalue weighted by atomic mass is 9.48. The molecule has 6 nitrogen and oxygen atoms in total. The zero-order valence-electron chi connectivity index (χ0n) is 18.8. The fraction of sp³-hybridized carbons (Fsp3) is 0.577. The van der Waals surface area contributed by atoms with Crippen molar-refractivity contribution < 1.29 is 9.90 Å². The average Bonchev–Trinajstić information content (AvgIpc) is 2.81. The summed E-state index contributed by atoms with van der Waals surface area (Å²) in [4.78, 5) is 23.7. The number of nitrogens with one attached hydrogen (secondary N) is 1. The summed E-state index contributed by atoms with van der Waals surface area (Å²) in [6.45, 7) is 1.61. The highest BCUT2D eigenvalue weighted by Gasteiger charge is 2.53. The number of aliphatic hydroxyl groups excluding tert-OH is 1. The van der Waals surface area contributed by atoms with E-state index in [-0.39, 0.29) is 17.4 Å². The van der Waals surface area contributed by atoms with Gasteiger partial charge in [0, 0.05) is 29.2 Å². The van der Waals surface area contributed by atoms with Gasteiger partial charge in [-0.15, -0.1) is 0 Å². The summed E-state index contributed by atoms with van der Waals surface area (Å²) in [6.07, 6.45) is 9.61. The van der Waals surface area contributed by atoms with E-state index in [2.05, 4.69) is 15.3 Å². The Kier molecular flexibility index (Phi) is 5.33. The molecular weight excluding hydrogens is 436 g/mol. The number of fused-ring (bicyclic) bond motifs is 1. The van der Waals surface area contributed by atoms with Gasteiger partial charge >= 0.3 is 0 Å². The van der Waals surface area contributed by atoms with Crippen LogP contribution >= 0.6 is 11.6 Å². The van der Waals surface area contributed by atoms with E-state index in [4.69, 9.17) is 11.6 Å². The molecule has 33 heavy (non-hydrogen) atoms. The van der Waals surface area contributed by atoms with Crippen LogP contribution < -0.4 is 5.32 Å². The number of carbonyl (C=O) groups excluding carboxylic acids is 1. The molecule has 2 N–H and O–H groups in total. The van der Waals surface area contributed by atoms with Gasteiger partial charge in [0.1, 0.15) is 12.1 Å². The van der Waals surface area contributed by atoms with Crippen molar-refractivity contribution in [3.8, 4) is 0 Å². The third-order valence-corrected chi connectivity index (χ3v) is 8.89. The molecule has 4 fully saturated rings. The van der Waals surface area contributed by atoms with Crippen LogP contribution in [0.3, 0.4) is 0 Å². The Morgan fingerprint density at radius 3 is 2.45 bits per heavy atom. The zero-order valence-corrected chi connectivity index (χ0v) is 19.6. The Bertz CT molecular complexity index is 1020. The maximum atomic E-state index is 12.9. The number of carbonyl (C=O) groups is 1. The molecule has 0 saturated heterocycles. The summed E-state index contributed by atoms with van der Waals surface area (Å²) in [5.41, 5.74) is 2.67. The third kappa shape index (κ3) is 3.91. The van der Waals surface area contributed by atoms with Gasteiger partial charge in [-0.25, -0.2) is 9.97 Å². The van der Waals surface area contributed by atoms with Crippen LogP contribution in [-0.2, 0) is 13.0 Å². The van der Waals surface area contributed by atoms with Gasteiger partial charge in [-0.2, -0.15) is 0 Å². The third-order valence-electron chi connectivity index (χ3n) is 8.64. The molecule has 4 saturated carbocycles. The van der Waals surface area contributed by atoms with Gasteiger partial charge < -0.3 is 15.3 Å². The molecule has 7 heteroatoms. The lowest BCUT2D eigenvalue weighted by Gasteiger charge is -2.58. The quantitative estimate of drug-likeness (QED) is 0.686. The topological polar surface area (TPSA) is 78.4 Å². The second-order valence-electron chi connectivity index (χ2n) is 10.8. The maximum absolute atomic E-state index is 12.9. The standard InChI is InChI=1S/C26H31ClN4O2/c27-20-3-1-19(2-4-20)25(33)31-6-5-21-22(14-31)29-15-30-24(21)28-13-23(32)26-10-16-7-17(11-26)9-18(8-16)12-26/h1-4,15-18,23,32H,5-14H2,(H,28,29,30). The number of benzene rings is 1. The number of hydrogen-bond donors (Lipinski definition) is 2. The highest BCUT2D eigenvalue weighted by atomic mass is 35.5. The Morgan fingerprint density at radius 2 is 1.79 bits per heavy atom. The smallest absolute Gasteiger partial charge is 0.254 e. The van der Waals surface area contributed by atoms with Crippen molar-refractivity contribution in [3.05, 3.63) is 52.4 Å². The van der Waals surface area contributed by atoms with Crippen molar-refractivity contribution in [1.82, 2.24) is 14.9 Å². The van der Waals surface area contributed by atoms with Crippen LogP contribution in [0.4, 0.5) is 5.82 Å². The van der Waals surface area contributed by atoms with Crippen LogP contribution in [-0.4, -0.2) is 45.1 Å². The first-order valence-electron chi connectivity index (χ1n) is 12.3. The number of anilines is 1. The molecule has 1 unspecified atom stereocenters. The Balaban J connectivity index is 1.13. The maximum Gasteiger partial charge on any atom is 0.254 e. The van der Waals surface area contributed by atoms with Gasteiger partial charge in [0.25, 0.3) is 5.91 Å². The van der Waals surface area contributed by atoms with Crippen LogP contribution in [0.2, 0.25) is 5.02 Å². The normalized spacial score (nSPS) is 30.7. The molecule has 7 rings (SSSR count). The van der Waals surface area contributed by atoms with Crippen LogP contribution in [0.5, 0.6) is 0 Å². The lowest BCUT2D eigenvalue weighted by molar-refractivity contribution is -0.115. The number of hydrogen-bond acceptors (Lipinski definition) is 5. The molecule has 4 bridgehead atoms. The second kappa shape index (κ2) is 8.24. The van der Waals surface area contributed by atoms with Crippen molar-refractivity contribution >= 4 is 23.3 Å². The number of aliphatic hydroxyl groups is 1. The molecule has 0 spiro atoms. The summed E-state index contributed by atoms with van der Waals surface area (Å²) in [7, 11) is 0. The summed E-state index contributed by atoms with van der Waals surface area (Å²) in [5.74, 6) is 3.26. The molecule has 2 aromatic rings. The van der Waals surface area contributed by atoms with Crippen molar-refractivity contribution in [3.63, 3.8) is 0 Å². The first-order chi connectivity index (χ1) is 16.0. The SMILES string of the molecule is O=C(c1ccc(Cl)cc1)N1CCc2c(ncnc2NCC(O)C23CC4CC(CC(C4)C2)C3)C1. The van der Waals surface area contributed by atoms with E-state index in [0.29, 0.717) is 36.6 Å². The van der Waals surface area contributed by atoms with E-state index < -0.39 is 0 Å². The molecule has 5 aliphatic rings. The number of halogens is 1. The molecule has 1 aliphatic heterocycles. The predicted octanol–water partition coefficient (Wildman–Crippen LogP) is 4.32. The number of rotatable bonds is 5. The first kappa shape index (κ1) is 21.4. The minimum Gasteiger partial charge on any atom is -0.391 e. The monoisotopic (exact) mass is 466 g/mol. The summed E-state index contributed by atoms with van der Waals surface area (Å²) in [5, 5.41) is 15.4. The number of amides is 1. The van der Waals surface area contributed by atoms with Gasteiger partial charge in [-0.1, -0.05) is 11.6 Å². The van der Waals surface area contributed by atoms with E-state index in [1.807, 2.05) is 4.90 Å². The summed E-state index contributed by atoms with van der Waals surface area (Å²) < 4.78 is 0. The van der Waals surface area contributed by atoms with Crippen LogP contribution in [0.1, 0.15) is 60.1 Å². The van der Waals surface area contributed by atoms with Crippen molar-refractivity contribution in [2.45, 2.75) is 57.6 Å². The first-order valence-corrected chi connectivity index (χ1v) is 12.7. The average molecular weight is 467 g/mol. The summed E-state index contributed by atoms with van der Waals surface area (Å²) in [6, 6.07) is 7.01. The molecule has 174 valence electrons. The molecule has 4 aliphatic carbocycles. The van der Waals surface area contributed by atoms with E-state index >= 15 is 0 Å². The van der Waals surface area contributed by atoms with E-state index in [9.17, 15) is 9.90 Å². The van der Waals surface area contributed by atoms with Crippen LogP contribution in [0, 0.1) is 23.2 Å². The van der Waals surface area contributed by atoms with E-state index in [0.717, 1.165) is 34.8 Å². The summed E-state index contributed by atoms with van der Waals surface area (Å²) >= 11 is 5.96. The minimum absolute atomic E-state index is 0.0114. The minimum atomic E-state index is -0.344. The molecule has 1 atom stereocenters. The molecule has 0 radical (unpaired) electrons. The van der Waals surface area contributed by atoms with Gasteiger partial charge in [0.15, 0.2) is 0 Å².